The fourth-order valence-electron chi connectivity index (χ4n) is 3.78. The fourth-order valence-corrected chi connectivity index (χ4v) is 8.29. The van der Waals surface area contributed by atoms with Gasteiger partial charge in [-0.1, -0.05) is 30.3 Å². The molecule has 1 saturated heterocycles. The number of sulfone groups is 1. The van der Waals surface area contributed by atoms with Crippen molar-refractivity contribution in [2.24, 2.45) is 0 Å². The normalized spacial score (nSPS) is 23.7. The Morgan fingerprint density at radius 3 is 2.44 bits per heavy atom. The summed E-state index contributed by atoms with van der Waals surface area (Å²) in [7, 11) is -6.86. The molecule has 2 N–H and O–H groups in total. The van der Waals surface area contributed by atoms with E-state index in [0.717, 1.165) is 18.7 Å². The molecule has 2 aromatic rings. The highest BCUT2D eigenvalue weighted by Gasteiger charge is 2.44. The summed E-state index contributed by atoms with van der Waals surface area (Å²) in [6.07, 6.45) is 0. The zero-order valence-corrected chi connectivity index (χ0v) is 16.5. The van der Waals surface area contributed by atoms with E-state index in [4.69, 9.17) is 4.74 Å². The molecule has 0 amide bonds. The standard InChI is InChI=1S/C19H23NO5S2/c21-26(22)14-18(27(23,24)16-6-2-1-3-7-16)19-15(5-4-8-17(19)26)13-20-9-11-25-12-10-20/h1-8,18,21-22H,9-14H2. The van der Waals surface area contributed by atoms with Gasteiger partial charge in [0.2, 0.25) is 0 Å². The summed E-state index contributed by atoms with van der Waals surface area (Å²) in [5.41, 5.74) is 1.41. The van der Waals surface area contributed by atoms with Gasteiger partial charge in [0.05, 0.1) is 28.8 Å². The van der Waals surface area contributed by atoms with E-state index in [2.05, 4.69) is 4.90 Å². The highest BCUT2D eigenvalue weighted by molar-refractivity contribution is 8.25. The van der Waals surface area contributed by atoms with Crippen LogP contribution in [0.3, 0.4) is 0 Å². The summed E-state index contributed by atoms with van der Waals surface area (Å²) < 4.78 is 53.2. The second-order valence-corrected chi connectivity index (χ2v) is 11.1. The predicted molar refractivity (Wildman–Crippen MR) is 105 cm³/mol. The molecule has 0 aromatic heterocycles. The number of nitrogens with zero attached hydrogens (tertiary/aromatic N) is 1. The molecule has 0 spiro atoms. The quantitative estimate of drug-likeness (QED) is 0.807. The lowest BCUT2D eigenvalue weighted by Crippen LogP contribution is -2.36. The third kappa shape index (κ3) is 3.53. The Balaban J connectivity index is 1.78. The van der Waals surface area contributed by atoms with E-state index < -0.39 is 25.7 Å². The monoisotopic (exact) mass is 409 g/mol. The lowest BCUT2D eigenvalue weighted by Gasteiger charge is -2.29. The minimum absolute atomic E-state index is 0.181. The molecular weight excluding hydrogens is 386 g/mol. The maximum Gasteiger partial charge on any atom is 0.187 e. The Bertz CT molecular complexity index is 924. The van der Waals surface area contributed by atoms with Gasteiger partial charge < -0.3 is 4.74 Å². The highest BCUT2D eigenvalue weighted by Crippen LogP contribution is 2.62. The number of hydrogen-bond acceptors (Lipinski definition) is 6. The van der Waals surface area contributed by atoms with Crippen LogP contribution < -0.4 is 0 Å². The van der Waals surface area contributed by atoms with Crippen LogP contribution >= 0.6 is 10.6 Å². The highest BCUT2D eigenvalue weighted by atomic mass is 32.3. The molecule has 2 heterocycles. The third-order valence-corrected chi connectivity index (χ3v) is 9.31. The largest absolute Gasteiger partial charge is 0.379 e. The van der Waals surface area contributed by atoms with Gasteiger partial charge >= 0.3 is 0 Å². The number of morpholine rings is 1. The zero-order chi connectivity index (χ0) is 19.1. The number of fused-ring (bicyclic) bond motifs is 1. The van der Waals surface area contributed by atoms with Crippen LogP contribution in [0, 0.1) is 0 Å². The van der Waals surface area contributed by atoms with E-state index in [1.807, 2.05) is 6.07 Å². The first-order valence-corrected chi connectivity index (χ1v) is 12.1. The molecule has 0 bridgehead atoms. The summed E-state index contributed by atoms with van der Waals surface area (Å²) in [4.78, 5) is 2.78. The van der Waals surface area contributed by atoms with Crippen molar-refractivity contribution >= 4 is 20.4 Å². The Morgan fingerprint density at radius 1 is 1.04 bits per heavy atom. The van der Waals surface area contributed by atoms with Crippen LogP contribution in [0.5, 0.6) is 0 Å². The minimum atomic E-state index is -3.73. The van der Waals surface area contributed by atoms with Crippen LogP contribution in [0.1, 0.15) is 16.4 Å². The minimum Gasteiger partial charge on any atom is -0.379 e. The van der Waals surface area contributed by atoms with Gasteiger partial charge in [0, 0.05) is 19.6 Å². The molecule has 1 unspecified atom stereocenters. The number of benzene rings is 2. The summed E-state index contributed by atoms with van der Waals surface area (Å²) in [6, 6.07) is 13.6. The Morgan fingerprint density at radius 2 is 1.74 bits per heavy atom. The van der Waals surface area contributed by atoms with Gasteiger partial charge in [0.25, 0.3) is 0 Å². The van der Waals surface area contributed by atoms with Crippen molar-refractivity contribution in [2.45, 2.75) is 21.6 Å². The van der Waals surface area contributed by atoms with Gasteiger partial charge in [-0.3, -0.25) is 14.0 Å². The van der Waals surface area contributed by atoms with E-state index in [1.165, 1.54) is 0 Å². The summed E-state index contributed by atoms with van der Waals surface area (Å²) >= 11 is 0. The first-order valence-electron chi connectivity index (χ1n) is 8.86. The Hall–Kier alpha value is -1.42. The summed E-state index contributed by atoms with van der Waals surface area (Å²) in [6.45, 7) is 3.42. The van der Waals surface area contributed by atoms with E-state index in [9.17, 15) is 17.5 Å². The van der Waals surface area contributed by atoms with E-state index in [-0.39, 0.29) is 10.6 Å². The molecule has 6 nitrogen and oxygen atoms in total. The second-order valence-electron chi connectivity index (χ2n) is 6.90. The number of ether oxygens (including phenoxy) is 1. The van der Waals surface area contributed by atoms with Crippen molar-refractivity contribution < 1.29 is 22.3 Å². The maximum atomic E-state index is 13.3. The molecule has 2 aliphatic heterocycles. The SMILES string of the molecule is O=S(=O)(c1ccccc1)C1CS(O)(O)c2cccc(CN3CCOCC3)c21. The van der Waals surface area contributed by atoms with Crippen LogP contribution in [-0.2, 0) is 21.1 Å². The van der Waals surface area contributed by atoms with Crippen molar-refractivity contribution in [1.29, 1.82) is 0 Å². The molecule has 1 fully saturated rings. The Kier molecular flexibility index (Phi) is 5.04. The summed E-state index contributed by atoms with van der Waals surface area (Å²) in [5, 5.41) is -0.947. The fraction of sp³-hybridized carbons (Fsp3) is 0.368. The lowest BCUT2D eigenvalue weighted by molar-refractivity contribution is 0.0340. The average Bonchev–Trinajstić information content (AvgIpc) is 2.96. The van der Waals surface area contributed by atoms with Crippen molar-refractivity contribution in [3.8, 4) is 0 Å². The van der Waals surface area contributed by atoms with Crippen molar-refractivity contribution in [2.75, 3.05) is 32.1 Å². The van der Waals surface area contributed by atoms with Crippen LogP contribution in [-0.4, -0.2) is 54.5 Å². The smallest absolute Gasteiger partial charge is 0.187 e. The van der Waals surface area contributed by atoms with E-state index in [1.54, 1.807) is 42.5 Å². The van der Waals surface area contributed by atoms with Crippen LogP contribution in [0.2, 0.25) is 0 Å². The van der Waals surface area contributed by atoms with Crippen molar-refractivity contribution in [3.05, 3.63) is 59.7 Å². The van der Waals surface area contributed by atoms with Gasteiger partial charge in [-0.05, 0) is 29.3 Å². The molecular formula is C19H23NO5S2. The second kappa shape index (κ2) is 7.20. The molecule has 146 valence electrons. The lowest BCUT2D eigenvalue weighted by atomic mass is 10.0. The van der Waals surface area contributed by atoms with E-state index >= 15 is 0 Å². The molecule has 0 aliphatic carbocycles. The molecule has 4 rings (SSSR count). The van der Waals surface area contributed by atoms with Crippen molar-refractivity contribution in [3.63, 3.8) is 0 Å². The molecule has 1 atom stereocenters. The first kappa shape index (κ1) is 18.9. The molecule has 27 heavy (non-hydrogen) atoms. The van der Waals surface area contributed by atoms with Crippen molar-refractivity contribution in [1.82, 2.24) is 4.90 Å². The Labute approximate surface area is 161 Å². The van der Waals surface area contributed by atoms with E-state index in [0.29, 0.717) is 30.2 Å². The topological polar surface area (TPSA) is 87.1 Å². The molecule has 0 saturated carbocycles. The van der Waals surface area contributed by atoms with Gasteiger partial charge in [-0.2, -0.15) is 10.6 Å². The van der Waals surface area contributed by atoms with Gasteiger partial charge in [-0.25, -0.2) is 8.42 Å². The summed E-state index contributed by atoms with van der Waals surface area (Å²) in [5.74, 6) is -0.181. The van der Waals surface area contributed by atoms with Crippen LogP contribution in [0.4, 0.5) is 0 Å². The molecule has 0 radical (unpaired) electrons. The molecule has 2 aromatic carbocycles. The van der Waals surface area contributed by atoms with Gasteiger partial charge in [-0.15, -0.1) is 0 Å². The van der Waals surface area contributed by atoms with Crippen LogP contribution in [0.15, 0.2) is 58.3 Å². The molecule has 8 heteroatoms. The predicted octanol–water partition coefficient (Wildman–Crippen LogP) is 3.16. The maximum absolute atomic E-state index is 13.3. The number of hydrogen-bond donors (Lipinski definition) is 2. The van der Waals surface area contributed by atoms with Gasteiger partial charge in [0.15, 0.2) is 9.84 Å². The van der Waals surface area contributed by atoms with Crippen LogP contribution in [0.25, 0.3) is 0 Å². The zero-order valence-electron chi connectivity index (χ0n) is 14.8. The third-order valence-electron chi connectivity index (χ3n) is 5.16. The average molecular weight is 410 g/mol. The first-order chi connectivity index (χ1) is 12.9. The number of rotatable bonds is 4. The van der Waals surface area contributed by atoms with Gasteiger partial charge in [0.1, 0.15) is 5.25 Å². The molecule has 2 aliphatic rings.